The minimum atomic E-state index is 0.235. The fraction of sp³-hybridized carbons (Fsp3) is 0.474. The van der Waals surface area contributed by atoms with Gasteiger partial charge in [0.15, 0.2) is 0 Å². The van der Waals surface area contributed by atoms with Gasteiger partial charge in [-0.2, -0.15) is 0 Å². The number of nitrogens with one attached hydrogen (secondary N) is 1. The first kappa shape index (κ1) is 13.7. The minimum absolute atomic E-state index is 0.235. The van der Waals surface area contributed by atoms with Crippen LogP contribution in [-0.4, -0.2) is 18.1 Å². The van der Waals surface area contributed by atoms with Gasteiger partial charge >= 0.3 is 0 Å². The van der Waals surface area contributed by atoms with Gasteiger partial charge in [-0.1, -0.05) is 43.5 Å². The first-order chi connectivity index (χ1) is 10.9. The molecule has 1 fully saturated rings. The Morgan fingerprint density at radius 2 is 2.00 bits per heavy atom. The number of nitrogens with zero attached hydrogens (tertiary/aromatic N) is 2. The maximum Gasteiger partial charge on any atom is 0.108 e. The molecule has 0 amide bonds. The Bertz CT molecular complexity index is 648. The quantitative estimate of drug-likeness (QED) is 0.864. The van der Waals surface area contributed by atoms with E-state index in [1.165, 1.54) is 54.9 Å². The van der Waals surface area contributed by atoms with Crippen molar-refractivity contribution in [2.45, 2.75) is 44.9 Å². The van der Waals surface area contributed by atoms with Gasteiger partial charge in [0.2, 0.25) is 0 Å². The highest BCUT2D eigenvalue weighted by Crippen LogP contribution is 2.44. The number of allylic oxidation sites excluding steroid dienone is 1. The second-order valence-corrected chi connectivity index (χ2v) is 6.75. The van der Waals surface area contributed by atoms with E-state index < -0.39 is 0 Å². The van der Waals surface area contributed by atoms with Crippen LogP contribution in [0.3, 0.4) is 0 Å². The van der Waals surface area contributed by atoms with E-state index in [9.17, 15) is 0 Å². The lowest BCUT2D eigenvalue weighted by Gasteiger charge is -2.42. The van der Waals surface area contributed by atoms with Gasteiger partial charge in [0.25, 0.3) is 0 Å². The van der Waals surface area contributed by atoms with Crippen molar-refractivity contribution in [3.63, 3.8) is 0 Å². The van der Waals surface area contributed by atoms with Crippen LogP contribution in [-0.2, 0) is 6.42 Å². The summed E-state index contributed by atoms with van der Waals surface area (Å²) in [5.74, 6) is 1.21. The molecule has 1 aromatic carbocycles. The summed E-state index contributed by atoms with van der Waals surface area (Å²) in [4.78, 5) is 9.37. The van der Waals surface area contributed by atoms with E-state index in [4.69, 9.17) is 4.99 Å². The maximum atomic E-state index is 4.98. The zero-order chi connectivity index (χ0) is 14.8. The fourth-order valence-electron chi connectivity index (χ4n) is 4.03. The molecule has 0 bridgehead atoms. The average Bonchev–Trinajstić information content (AvgIpc) is 3.07. The number of aliphatic imine (C=N–C) groups is 2. The van der Waals surface area contributed by atoms with Crippen molar-refractivity contribution in [1.82, 2.24) is 0 Å². The molecule has 1 aromatic rings. The van der Waals surface area contributed by atoms with Crippen molar-refractivity contribution in [3.8, 4) is 0 Å². The SMILES string of the molecule is C1=CN=C(CN=C2Nc3ccccc3CC23CCCCC3)C1. The Kier molecular flexibility index (Phi) is 3.57. The van der Waals surface area contributed by atoms with E-state index in [1.54, 1.807) is 0 Å². The molecule has 0 unspecified atom stereocenters. The van der Waals surface area contributed by atoms with E-state index in [1.807, 2.05) is 6.20 Å². The molecule has 22 heavy (non-hydrogen) atoms. The monoisotopic (exact) mass is 293 g/mol. The molecule has 1 spiro atoms. The average molecular weight is 293 g/mol. The first-order valence-electron chi connectivity index (χ1n) is 8.46. The van der Waals surface area contributed by atoms with Crippen LogP contribution >= 0.6 is 0 Å². The third-order valence-electron chi connectivity index (χ3n) is 5.25. The normalized spacial score (nSPS) is 24.2. The Labute approximate surface area is 132 Å². The highest BCUT2D eigenvalue weighted by Gasteiger charge is 2.40. The van der Waals surface area contributed by atoms with E-state index in [-0.39, 0.29) is 5.41 Å². The van der Waals surface area contributed by atoms with Gasteiger partial charge in [0.05, 0.1) is 6.54 Å². The maximum absolute atomic E-state index is 4.98. The Balaban J connectivity index is 1.65. The molecule has 114 valence electrons. The van der Waals surface area contributed by atoms with Gasteiger partial charge in [-0.15, -0.1) is 0 Å². The molecule has 2 heterocycles. The molecule has 1 aliphatic carbocycles. The smallest absolute Gasteiger partial charge is 0.108 e. The number of anilines is 1. The lowest BCUT2D eigenvalue weighted by molar-refractivity contribution is 0.278. The number of rotatable bonds is 2. The minimum Gasteiger partial charge on any atom is -0.343 e. The van der Waals surface area contributed by atoms with Crippen molar-refractivity contribution < 1.29 is 0 Å². The zero-order valence-electron chi connectivity index (χ0n) is 13.0. The van der Waals surface area contributed by atoms with E-state index in [0.29, 0.717) is 0 Å². The Morgan fingerprint density at radius 3 is 2.82 bits per heavy atom. The number of hydrogen-bond acceptors (Lipinski definition) is 2. The lowest BCUT2D eigenvalue weighted by atomic mass is 9.67. The van der Waals surface area contributed by atoms with Crippen molar-refractivity contribution in [2.75, 3.05) is 11.9 Å². The molecule has 0 radical (unpaired) electrons. The topological polar surface area (TPSA) is 36.8 Å². The van der Waals surface area contributed by atoms with Crippen LogP contribution in [0, 0.1) is 5.41 Å². The number of para-hydroxylation sites is 1. The van der Waals surface area contributed by atoms with Crippen LogP contribution in [0.2, 0.25) is 0 Å². The van der Waals surface area contributed by atoms with Gasteiger partial charge in [0, 0.05) is 29.4 Å². The molecule has 4 rings (SSSR count). The van der Waals surface area contributed by atoms with Gasteiger partial charge in [-0.05, 0) is 30.9 Å². The van der Waals surface area contributed by atoms with Gasteiger partial charge < -0.3 is 5.32 Å². The first-order valence-corrected chi connectivity index (χ1v) is 8.46. The second kappa shape index (κ2) is 5.71. The summed E-state index contributed by atoms with van der Waals surface area (Å²) in [6.45, 7) is 0.735. The molecule has 2 aliphatic heterocycles. The number of fused-ring (bicyclic) bond motifs is 1. The molecule has 0 saturated heterocycles. The highest BCUT2D eigenvalue weighted by atomic mass is 15.0. The molecule has 0 atom stereocenters. The Morgan fingerprint density at radius 1 is 1.14 bits per heavy atom. The van der Waals surface area contributed by atoms with Gasteiger partial charge in [0.1, 0.15) is 5.84 Å². The second-order valence-electron chi connectivity index (χ2n) is 6.75. The molecule has 3 heteroatoms. The van der Waals surface area contributed by atoms with Crippen LogP contribution in [0.25, 0.3) is 0 Å². The molecule has 1 saturated carbocycles. The summed E-state index contributed by atoms with van der Waals surface area (Å²) in [6.07, 6.45) is 12.6. The van der Waals surface area contributed by atoms with Crippen molar-refractivity contribution in [3.05, 3.63) is 42.1 Å². The van der Waals surface area contributed by atoms with Crippen molar-refractivity contribution in [1.29, 1.82) is 0 Å². The van der Waals surface area contributed by atoms with Gasteiger partial charge in [-0.25, -0.2) is 0 Å². The third kappa shape index (κ3) is 2.49. The summed E-state index contributed by atoms with van der Waals surface area (Å²) >= 11 is 0. The molecule has 3 aliphatic rings. The van der Waals surface area contributed by atoms with Crippen molar-refractivity contribution >= 4 is 17.2 Å². The summed E-state index contributed by atoms with van der Waals surface area (Å²) in [7, 11) is 0. The number of benzene rings is 1. The summed E-state index contributed by atoms with van der Waals surface area (Å²) < 4.78 is 0. The summed E-state index contributed by atoms with van der Waals surface area (Å²) in [6, 6.07) is 8.70. The molecular weight excluding hydrogens is 270 g/mol. The molecule has 0 aromatic heterocycles. The molecule has 3 nitrogen and oxygen atoms in total. The predicted molar refractivity (Wildman–Crippen MR) is 92.8 cm³/mol. The summed E-state index contributed by atoms with van der Waals surface area (Å²) in [5, 5.41) is 3.66. The highest BCUT2D eigenvalue weighted by molar-refractivity contribution is 6.04. The molecular formula is C19H23N3. The lowest BCUT2D eigenvalue weighted by Crippen LogP contribution is -2.43. The van der Waals surface area contributed by atoms with E-state index in [0.717, 1.165) is 19.4 Å². The van der Waals surface area contributed by atoms with Gasteiger partial charge in [-0.3, -0.25) is 9.98 Å². The number of amidine groups is 1. The zero-order valence-corrected chi connectivity index (χ0v) is 13.0. The van der Waals surface area contributed by atoms with E-state index >= 15 is 0 Å². The van der Waals surface area contributed by atoms with Crippen molar-refractivity contribution in [2.24, 2.45) is 15.4 Å². The van der Waals surface area contributed by atoms with Crippen LogP contribution < -0.4 is 5.32 Å². The third-order valence-corrected chi connectivity index (χ3v) is 5.25. The van der Waals surface area contributed by atoms with Crippen LogP contribution in [0.1, 0.15) is 44.1 Å². The number of hydrogen-bond donors (Lipinski definition) is 1. The largest absolute Gasteiger partial charge is 0.343 e. The predicted octanol–water partition coefficient (Wildman–Crippen LogP) is 4.36. The van der Waals surface area contributed by atoms with Crippen LogP contribution in [0.5, 0.6) is 0 Å². The molecule has 1 N–H and O–H groups in total. The fourth-order valence-corrected chi connectivity index (χ4v) is 4.03. The van der Waals surface area contributed by atoms with E-state index in [2.05, 4.69) is 40.7 Å². The van der Waals surface area contributed by atoms with Crippen LogP contribution in [0.4, 0.5) is 5.69 Å². The van der Waals surface area contributed by atoms with Crippen LogP contribution in [0.15, 0.2) is 46.5 Å². The standard InChI is InChI=1S/C19H23N3/c1-4-10-19(11-5-1)13-15-7-2-3-9-17(15)22-18(19)21-14-16-8-6-12-20-16/h2-3,6-7,9,12H,1,4-5,8,10-11,13-14H2,(H,21,22). The Hall–Kier alpha value is -1.90. The summed E-state index contributed by atoms with van der Waals surface area (Å²) in [5.41, 5.74) is 4.10.